The Hall–Kier alpha value is -0.430. The molecule has 0 bridgehead atoms. The van der Waals surface area contributed by atoms with Crippen molar-refractivity contribution in [2.45, 2.75) is 0 Å². The number of benzene rings is 2. The molecule has 96 valence electrons. The van der Waals surface area contributed by atoms with Crippen molar-refractivity contribution < 1.29 is 0 Å². The molecule has 2 N–H and O–H groups in total. The highest BCUT2D eigenvalue weighted by Gasteiger charge is 2.12. The maximum absolute atomic E-state index is 6.12. The highest BCUT2D eigenvalue weighted by atomic mass is 79.9. The van der Waals surface area contributed by atoms with Crippen LogP contribution in [0.1, 0.15) is 0 Å². The summed E-state index contributed by atoms with van der Waals surface area (Å²) in [6.45, 7) is 0. The molecule has 0 spiro atoms. The van der Waals surface area contributed by atoms with E-state index in [1.165, 1.54) is 0 Å². The predicted octanol–water partition coefficient (Wildman–Crippen LogP) is 5.83. The number of nitrogens with two attached hydrogens (primary N) is 1. The molecule has 0 saturated carbocycles. The Labute approximate surface area is 139 Å². The molecule has 0 aliphatic rings. The summed E-state index contributed by atoms with van der Waals surface area (Å²) in [5.74, 6) is 0. The number of thiazole rings is 1. The number of rotatable bonds is 1. The van der Waals surface area contributed by atoms with Gasteiger partial charge in [-0.2, -0.15) is 0 Å². The highest BCUT2D eigenvalue weighted by molar-refractivity contribution is 9.11. The van der Waals surface area contributed by atoms with Crippen molar-refractivity contribution >= 4 is 75.0 Å². The van der Waals surface area contributed by atoms with Crippen LogP contribution in [0.3, 0.4) is 0 Å². The van der Waals surface area contributed by atoms with Crippen LogP contribution >= 0.6 is 59.1 Å². The fourth-order valence-corrected chi connectivity index (χ4v) is 4.55. The molecule has 6 heteroatoms. The van der Waals surface area contributed by atoms with E-state index in [2.05, 4.69) is 58.8 Å². The molecule has 0 amide bonds. The zero-order chi connectivity index (χ0) is 13.6. The van der Waals surface area contributed by atoms with Gasteiger partial charge in [0.2, 0.25) is 0 Å². The summed E-state index contributed by atoms with van der Waals surface area (Å²) < 4.78 is 4.04. The fraction of sp³-hybridized carbons (Fsp3) is 0. The first-order valence-corrected chi connectivity index (χ1v) is 8.55. The monoisotopic (exact) mass is 460 g/mol. The van der Waals surface area contributed by atoms with E-state index in [0.717, 1.165) is 34.2 Å². The summed E-state index contributed by atoms with van der Waals surface area (Å²) in [6, 6.07) is 9.99. The molecule has 0 aliphatic heterocycles. The van der Waals surface area contributed by atoms with E-state index in [0.29, 0.717) is 5.69 Å². The van der Waals surface area contributed by atoms with Crippen molar-refractivity contribution in [2.24, 2.45) is 0 Å². The lowest BCUT2D eigenvalue weighted by Crippen LogP contribution is -1.91. The summed E-state index contributed by atoms with van der Waals surface area (Å²) in [5, 5.41) is 0.924. The third-order valence-electron chi connectivity index (χ3n) is 2.68. The second-order valence-electron chi connectivity index (χ2n) is 3.98. The second-order valence-corrected chi connectivity index (χ2v) is 7.70. The Balaban J connectivity index is 2.24. The number of anilines is 1. The minimum absolute atomic E-state index is 0.710. The minimum atomic E-state index is 0.710. The van der Waals surface area contributed by atoms with Gasteiger partial charge in [-0.1, -0.05) is 31.9 Å². The molecular formula is C13H7Br3N2S. The van der Waals surface area contributed by atoms with Crippen LogP contribution in [-0.4, -0.2) is 4.98 Å². The molecule has 3 rings (SSSR count). The number of hydrogen-bond donors (Lipinski definition) is 1. The van der Waals surface area contributed by atoms with Crippen molar-refractivity contribution in [1.82, 2.24) is 4.98 Å². The van der Waals surface area contributed by atoms with Crippen LogP contribution in [0.15, 0.2) is 43.7 Å². The number of fused-ring (bicyclic) bond motifs is 1. The maximum atomic E-state index is 6.12. The summed E-state index contributed by atoms with van der Waals surface area (Å²) in [4.78, 5) is 4.64. The molecule has 1 heterocycles. The fourth-order valence-electron chi connectivity index (χ4n) is 1.78. The van der Waals surface area contributed by atoms with E-state index in [1.807, 2.05) is 24.3 Å². The van der Waals surface area contributed by atoms with Gasteiger partial charge in [0.05, 0.1) is 15.9 Å². The molecule has 0 fully saturated rings. The molecule has 2 nitrogen and oxygen atoms in total. The largest absolute Gasteiger partial charge is 0.397 e. The minimum Gasteiger partial charge on any atom is -0.397 e. The SMILES string of the molecule is Nc1c(Br)cc(Br)cc1-c1nc2ccc(Br)cc2s1. The van der Waals surface area contributed by atoms with Crippen LogP contribution in [0.5, 0.6) is 0 Å². The van der Waals surface area contributed by atoms with E-state index in [4.69, 9.17) is 5.73 Å². The molecule has 0 unspecified atom stereocenters. The van der Waals surface area contributed by atoms with Gasteiger partial charge in [-0.3, -0.25) is 0 Å². The van der Waals surface area contributed by atoms with Crippen molar-refractivity contribution in [3.8, 4) is 10.6 Å². The molecule has 2 aromatic carbocycles. The van der Waals surface area contributed by atoms with Crippen LogP contribution in [0, 0.1) is 0 Å². The first-order chi connectivity index (χ1) is 9.04. The molecule has 1 aromatic heterocycles. The summed E-state index contributed by atoms with van der Waals surface area (Å²) >= 11 is 12.1. The van der Waals surface area contributed by atoms with Gasteiger partial charge in [-0.25, -0.2) is 4.98 Å². The third kappa shape index (κ3) is 2.59. The molecule has 0 atom stereocenters. The highest BCUT2D eigenvalue weighted by Crippen LogP contribution is 2.39. The number of nitrogens with zero attached hydrogens (tertiary/aromatic N) is 1. The molecular weight excluding hydrogens is 456 g/mol. The van der Waals surface area contributed by atoms with E-state index < -0.39 is 0 Å². The topological polar surface area (TPSA) is 38.9 Å². The molecule has 19 heavy (non-hydrogen) atoms. The number of nitrogen functional groups attached to an aromatic ring is 1. The lowest BCUT2D eigenvalue weighted by atomic mass is 10.2. The Morgan fingerprint density at radius 2 is 1.79 bits per heavy atom. The first kappa shape index (κ1) is 13.5. The molecule has 0 radical (unpaired) electrons. The normalized spacial score (nSPS) is 11.1. The Bertz CT molecular complexity index is 783. The van der Waals surface area contributed by atoms with E-state index in [1.54, 1.807) is 11.3 Å². The molecule has 0 saturated heterocycles. The smallest absolute Gasteiger partial charge is 0.126 e. The average molecular weight is 463 g/mol. The Kier molecular flexibility index (Phi) is 3.68. The maximum Gasteiger partial charge on any atom is 0.126 e. The van der Waals surface area contributed by atoms with Crippen molar-refractivity contribution in [1.29, 1.82) is 0 Å². The van der Waals surface area contributed by atoms with Gasteiger partial charge in [-0.15, -0.1) is 11.3 Å². The number of hydrogen-bond acceptors (Lipinski definition) is 3. The first-order valence-electron chi connectivity index (χ1n) is 5.35. The lowest BCUT2D eigenvalue weighted by molar-refractivity contribution is 1.46. The Morgan fingerprint density at radius 1 is 1.00 bits per heavy atom. The van der Waals surface area contributed by atoms with Crippen molar-refractivity contribution in [3.63, 3.8) is 0 Å². The zero-order valence-corrected chi connectivity index (χ0v) is 15.0. The van der Waals surface area contributed by atoms with Crippen LogP contribution in [-0.2, 0) is 0 Å². The van der Waals surface area contributed by atoms with Crippen LogP contribution in [0.4, 0.5) is 5.69 Å². The van der Waals surface area contributed by atoms with Crippen LogP contribution < -0.4 is 5.73 Å². The van der Waals surface area contributed by atoms with Gasteiger partial charge in [0, 0.05) is 19.0 Å². The van der Waals surface area contributed by atoms with Gasteiger partial charge in [-0.05, 0) is 46.3 Å². The van der Waals surface area contributed by atoms with Gasteiger partial charge < -0.3 is 5.73 Å². The predicted molar refractivity (Wildman–Crippen MR) is 92.6 cm³/mol. The molecule has 3 aromatic rings. The quantitative estimate of drug-likeness (QED) is 0.462. The van der Waals surface area contributed by atoms with Crippen LogP contribution in [0.25, 0.3) is 20.8 Å². The standard InChI is InChI=1S/C13H7Br3N2S/c14-6-1-2-10-11(5-6)19-13(18-10)8-3-7(15)4-9(16)12(8)17/h1-5H,17H2. The summed E-state index contributed by atoms with van der Waals surface area (Å²) in [7, 11) is 0. The van der Waals surface area contributed by atoms with E-state index >= 15 is 0 Å². The van der Waals surface area contributed by atoms with Crippen molar-refractivity contribution in [3.05, 3.63) is 43.7 Å². The van der Waals surface area contributed by atoms with Gasteiger partial charge in [0.25, 0.3) is 0 Å². The van der Waals surface area contributed by atoms with Gasteiger partial charge in [0.1, 0.15) is 5.01 Å². The zero-order valence-electron chi connectivity index (χ0n) is 9.45. The number of halogens is 3. The van der Waals surface area contributed by atoms with E-state index in [-0.39, 0.29) is 0 Å². The van der Waals surface area contributed by atoms with Crippen LogP contribution in [0.2, 0.25) is 0 Å². The van der Waals surface area contributed by atoms with Gasteiger partial charge in [0.15, 0.2) is 0 Å². The average Bonchev–Trinajstić information content (AvgIpc) is 2.76. The van der Waals surface area contributed by atoms with Gasteiger partial charge >= 0.3 is 0 Å². The lowest BCUT2D eigenvalue weighted by Gasteiger charge is -2.05. The Morgan fingerprint density at radius 3 is 2.58 bits per heavy atom. The third-order valence-corrected chi connectivity index (χ3v) is 5.33. The number of aromatic nitrogens is 1. The summed E-state index contributed by atoms with van der Waals surface area (Å²) in [6.07, 6.45) is 0. The summed E-state index contributed by atoms with van der Waals surface area (Å²) in [5.41, 5.74) is 8.76. The van der Waals surface area contributed by atoms with E-state index in [9.17, 15) is 0 Å². The second kappa shape index (κ2) is 5.16. The molecule has 0 aliphatic carbocycles. The van der Waals surface area contributed by atoms with Crippen molar-refractivity contribution in [2.75, 3.05) is 5.73 Å².